The Morgan fingerprint density at radius 3 is 2.79 bits per heavy atom. The van der Waals surface area contributed by atoms with E-state index in [9.17, 15) is 0 Å². The summed E-state index contributed by atoms with van der Waals surface area (Å²) >= 11 is 3.66. The van der Waals surface area contributed by atoms with E-state index in [-0.39, 0.29) is 0 Å². The molecule has 0 amide bonds. The smallest absolute Gasteiger partial charge is 0.134 e. The van der Waals surface area contributed by atoms with Crippen molar-refractivity contribution in [1.29, 1.82) is 0 Å². The van der Waals surface area contributed by atoms with Crippen molar-refractivity contribution in [2.45, 2.75) is 6.42 Å². The monoisotopic (exact) mass is 392 g/mol. The molecule has 0 saturated carbocycles. The second kappa shape index (κ2) is 9.37. The van der Waals surface area contributed by atoms with Crippen LogP contribution in [0.1, 0.15) is 6.42 Å². The summed E-state index contributed by atoms with van der Waals surface area (Å²) in [6.45, 7) is 7.68. The molecule has 1 saturated heterocycles. The summed E-state index contributed by atoms with van der Waals surface area (Å²) in [5.74, 6) is 0.919. The number of nitrogens with zero attached hydrogens (tertiary/aromatic N) is 1. The Hall–Kier alpha value is -1.14. The Labute approximate surface area is 152 Å². The molecular formula is C19H25BrN2O2. The Morgan fingerprint density at radius 1 is 1.08 bits per heavy atom. The van der Waals surface area contributed by atoms with Crippen molar-refractivity contribution < 1.29 is 9.47 Å². The largest absolute Gasteiger partial charge is 0.492 e. The van der Waals surface area contributed by atoms with E-state index in [1.165, 1.54) is 10.8 Å². The summed E-state index contributed by atoms with van der Waals surface area (Å²) in [4.78, 5) is 2.44. The molecule has 0 unspecified atom stereocenters. The third kappa shape index (κ3) is 4.93. The summed E-state index contributed by atoms with van der Waals surface area (Å²) in [7, 11) is 0. The lowest BCUT2D eigenvalue weighted by Gasteiger charge is -2.26. The van der Waals surface area contributed by atoms with Crippen LogP contribution in [0.4, 0.5) is 0 Å². The first-order valence-corrected chi connectivity index (χ1v) is 9.45. The van der Waals surface area contributed by atoms with Gasteiger partial charge in [-0.1, -0.05) is 30.3 Å². The van der Waals surface area contributed by atoms with Crippen LogP contribution < -0.4 is 10.1 Å². The van der Waals surface area contributed by atoms with Crippen molar-refractivity contribution in [3.05, 3.63) is 40.9 Å². The van der Waals surface area contributed by atoms with Gasteiger partial charge < -0.3 is 14.8 Å². The molecular weight excluding hydrogens is 368 g/mol. The zero-order chi connectivity index (χ0) is 16.6. The highest BCUT2D eigenvalue weighted by molar-refractivity contribution is 9.10. The van der Waals surface area contributed by atoms with Gasteiger partial charge in [-0.2, -0.15) is 0 Å². The van der Waals surface area contributed by atoms with Gasteiger partial charge in [0.05, 0.1) is 24.3 Å². The number of rotatable bonds is 8. The standard InChI is InChI=1S/C19H25BrN2O2/c20-19-17-5-2-1-4-16(17)6-7-18(19)24-13-3-8-21-9-10-22-11-14-23-15-12-22/h1-2,4-7,21H,3,8-15H2. The maximum atomic E-state index is 5.93. The molecule has 1 aliphatic rings. The van der Waals surface area contributed by atoms with Crippen LogP contribution in [-0.2, 0) is 4.74 Å². The first kappa shape index (κ1) is 17.7. The van der Waals surface area contributed by atoms with Crippen LogP contribution in [0.5, 0.6) is 5.75 Å². The average molecular weight is 393 g/mol. The number of fused-ring (bicyclic) bond motifs is 1. The minimum absolute atomic E-state index is 0.724. The van der Waals surface area contributed by atoms with E-state index in [1.54, 1.807) is 0 Å². The highest BCUT2D eigenvalue weighted by Gasteiger charge is 2.09. The third-order valence-electron chi connectivity index (χ3n) is 4.29. The molecule has 1 heterocycles. The Kier molecular flexibility index (Phi) is 6.90. The minimum atomic E-state index is 0.724. The van der Waals surface area contributed by atoms with Crippen molar-refractivity contribution >= 4 is 26.7 Å². The van der Waals surface area contributed by atoms with Crippen molar-refractivity contribution in [3.8, 4) is 5.75 Å². The normalized spacial score (nSPS) is 15.7. The third-order valence-corrected chi connectivity index (χ3v) is 5.11. The van der Waals surface area contributed by atoms with Gasteiger partial charge in [-0.25, -0.2) is 0 Å². The van der Waals surface area contributed by atoms with E-state index in [0.29, 0.717) is 0 Å². The molecule has 3 rings (SSSR count). The van der Waals surface area contributed by atoms with Crippen LogP contribution in [0, 0.1) is 0 Å². The molecule has 1 fully saturated rings. The predicted molar refractivity (Wildman–Crippen MR) is 102 cm³/mol. The molecule has 5 heteroatoms. The van der Waals surface area contributed by atoms with Crippen molar-refractivity contribution in [2.75, 3.05) is 52.5 Å². The van der Waals surface area contributed by atoms with Gasteiger partial charge in [0.1, 0.15) is 5.75 Å². The van der Waals surface area contributed by atoms with Crippen LogP contribution in [0.25, 0.3) is 10.8 Å². The van der Waals surface area contributed by atoms with Gasteiger partial charge >= 0.3 is 0 Å². The van der Waals surface area contributed by atoms with Crippen LogP contribution >= 0.6 is 15.9 Å². The quantitative estimate of drug-likeness (QED) is 0.698. The molecule has 0 radical (unpaired) electrons. The van der Waals surface area contributed by atoms with Crippen LogP contribution in [0.2, 0.25) is 0 Å². The number of morpholine rings is 1. The summed E-state index contributed by atoms with van der Waals surface area (Å²) in [6.07, 6.45) is 1.00. The van der Waals surface area contributed by atoms with Gasteiger partial charge in [0, 0.05) is 26.2 Å². The molecule has 130 valence electrons. The summed E-state index contributed by atoms with van der Waals surface area (Å²) < 4.78 is 12.3. The minimum Gasteiger partial charge on any atom is -0.492 e. The van der Waals surface area contributed by atoms with E-state index in [4.69, 9.17) is 9.47 Å². The maximum Gasteiger partial charge on any atom is 0.134 e. The zero-order valence-corrected chi connectivity index (χ0v) is 15.6. The lowest BCUT2D eigenvalue weighted by Crippen LogP contribution is -2.40. The van der Waals surface area contributed by atoms with E-state index in [2.05, 4.69) is 56.5 Å². The van der Waals surface area contributed by atoms with Gasteiger partial charge in [-0.05, 0) is 45.7 Å². The number of hydrogen-bond acceptors (Lipinski definition) is 4. The van der Waals surface area contributed by atoms with Crippen LogP contribution in [0.15, 0.2) is 40.9 Å². The molecule has 2 aromatic rings. The number of hydrogen-bond donors (Lipinski definition) is 1. The van der Waals surface area contributed by atoms with Crippen molar-refractivity contribution in [1.82, 2.24) is 10.2 Å². The molecule has 1 aliphatic heterocycles. The molecule has 24 heavy (non-hydrogen) atoms. The molecule has 1 N–H and O–H groups in total. The number of ether oxygens (including phenoxy) is 2. The predicted octanol–water partition coefficient (Wildman–Crippen LogP) is 3.29. The van der Waals surface area contributed by atoms with Crippen LogP contribution in [-0.4, -0.2) is 57.4 Å². The van der Waals surface area contributed by atoms with Gasteiger partial charge in [0.25, 0.3) is 0 Å². The van der Waals surface area contributed by atoms with E-state index in [1.807, 2.05) is 6.07 Å². The zero-order valence-electron chi connectivity index (χ0n) is 14.0. The summed E-state index contributed by atoms with van der Waals surface area (Å²) in [6, 6.07) is 12.5. The number of halogens is 1. The van der Waals surface area contributed by atoms with Gasteiger partial charge in [0.2, 0.25) is 0 Å². The van der Waals surface area contributed by atoms with E-state index < -0.39 is 0 Å². The highest BCUT2D eigenvalue weighted by Crippen LogP contribution is 2.32. The summed E-state index contributed by atoms with van der Waals surface area (Å²) in [5.41, 5.74) is 0. The summed E-state index contributed by atoms with van der Waals surface area (Å²) in [5, 5.41) is 5.91. The average Bonchev–Trinajstić information content (AvgIpc) is 2.64. The van der Waals surface area contributed by atoms with E-state index >= 15 is 0 Å². The molecule has 4 nitrogen and oxygen atoms in total. The fourth-order valence-electron chi connectivity index (χ4n) is 2.89. The number of nitrogens with one attached hydrogen (secondary N) is 1. The lowest BCUT2D eigenvalue weighted by molar-refractivity contribution is 0.0384. The lowest BCUT2D eigenvalue weighted by atomic mass is 10.1. The fraction of sp³-hybridized carbons (Fsp3) is 0.474. The second-order valence-electron chi connectivity index (χ2n) is 6.00. The van der Waals surface area contributed by atoms with Gasteiger partial charge in [-0.3, -0.25) is 4.90 Å². The molecule has 0 aliphatic carbocycles. The highest BCUT2D eigenvalue weighted by atomic mass is 79.9. The fourth-order valence-corrected chi connectivity index (χ4v) is 3.50. The molecule has 2 aromatic carbocycles. The Balaban J connectivity index is 1.34. The Morgan fingerprint density at radius 2 is 1.92 bits per heavy atom. The first-order chi connectivity index (χ1) is 11.8. The SMILES string of the molecule is Brc1c(OCCCNCCN2CCOCC2)ccc2ccccc12. The molecule has 0 aromatic heterocycles. The van der Waals surface area contributed by atoms with E-state index in [0.717, 1.165) is 69.2 Å². The van der Waals surface area contributed by atoms with Crippen molar-refractivity contribution in [3.63, 3.8) is 0 Å². The number of benzene rings is 2. The van der Waals surface area contributed by atoms with Crippen molar-refractivity contribution in [2.24, 2.45) is 0 Å². The van der Waals surface area contributed by atoms with Crippen LogP contribution in [0.3, 0.4) is 0 Å². The van der Waals surface area contributed by atoms with Gasteiger partial charge in [0.15, 0.2) is 0 Å². The second-order valence-corrected chi connectivity index (χ2v) is 6.80. The topological polar surface area (TPSA) is 33.7 Å². The maximum absolute atomic E-state index is 5.93. The molecule has 0 bridgehead atoms. The Bertz CT molecular complexity index is 644. The van der Waals surface area contributed by atoms with Gasteiger partial charge in [-0.15, -0.1) is 0 Å². The first-order valence-electron chi connectivity index (χ1n) is 8.65. The molecule has 0 spiro atoms. The molecule has 0 atom stereocenters.